The summed E-state index contributed by atoms with van der Waals surface area (Å²) in [5.41, 5.74) is 11.2. The third kappa shape index (κ3) is 4.66. The predicted octanol–water partition coefficient (Wildman–Crippen LogP) is 4.94. The molecule has 0 bridgehead atoms. The molecule has 2 N–H and O–H groups in total. The molecule has 0 saturated carbocycles. The van der Waals surface area contributed by atoms with Gasteiger partial charge in [0.05, 0.1) is 19.3 Å². The Morgan fingerprint density at radius 2 is 1.85 bits per heavy atom. The third-order valence-corrected chi connectivity index (χ3v) is 5.57. The molecule has 1 amide bonds. The van der Waals surface area contributed by atoms with Crippen LogP contribution in [0.25, 0.3) is 22.1 Å². The number of nitrogens with zero attached hydrogens (tertiary/aromatic N) is 1. The van der Waals surface area contributed by atoms with Gasteiger partial charge >= 0.3 is 5.97 Å². The van der Waals surface area contributed by atoms with E-state index in [1.165, 1.54) is 0 Å². The average Bonchev–Trinajstić information content (AvgIpc) is 3.32. The summed E-state index contributed by atoms with van der Waals surface area (Å²) in [5, 5.41) is 0.835. The van der Waals surface area contributed by atoms with Crippen LogP contribution in [0.4, 0.5) is 5.69 Å². The summed E-state index contributed by atoms with van der Waals surface area (Å²) < 4.78 is 10.8. The maximum atomic E-state index is 13.5. The van der Waals surface area contributed by atoms with Crippen molar-refractivity contribution in [2.75, 3.05) is 18.6 Å². The van der Waals surface area contributed by atoms with Crippen LogP contribution in [-0.4, -0.2) is 25.5 Å². The van der Waals surface area contributed by atoms with Crippen molar-refractivity contribution in [1.29, 1.82) is 0 Å². The maximum Gasteiger partial charge on any atom is 0.310 e. The standard InChI is InChI=1S/C27H26N2O4/c1-3-32-25(30)16-20-8-4-5-10-24(20)29(2)27(31)22-14-21-11-12-33-26(21)23(15-22)19-9-6-7-18(13-19)17-28/h4-15H,3,16-17,28H2,1-2H3. The lowest BCUT2D eigenvalue weighted by molar-refractivity contribution is -0.142. The highest BCUT2D eigenvalue weighted by Gasteiger charge is 2.20. The lowest BCUT2D eigenvalue weighted by atomic mass is 9.98. The number of amides is 1. The number of para-hydroxylation sites is 1. The van der Waals surface area contributed by atoms with Crippen molar-refractivity contribution in [1.82, 2.24) is 0 Å². The maximum absolute atomic E-state index is 13.5. The molecule has 0 aliphatic carbocycles. The van der Waals surface area contributed by atoms with E-state index in [4.69, 9.17) is 14.9 Å². The summed E-state index contributed by atoms with van der Waals surface area (Å²) in [5.74, 6) is -0.515. The molecule has 0 fully saturated rings. The van der Waals surface area contributed by atoms with Gasteiger partial charge in [0.25, 0.3) is 5.91 Å². The van der Waals surface area contributed by atoms with Crippen LogP contribution in [0.5, 0.6) is 0 Å². The highest BCUT2D eigenvalue weighted by atomic mass is 16.5. The van der Waals surface area contributed by atoms with Gasteiger partial charge in [0.1, 0.15) is 5.58 Å². The topological polar surface area (TPSA) is 85.8 Å². The summed E-state index contributed by atoms with van der Waals surface area (Å²) >= 11 is 0. The molecule has 0 saturated heterocycles. The number of nitrogens with two attached hydrogens (primary N) is 1. The molecule has 0 aliphatic rings. The zero-order chi connectivity index (χ0) is 23.4. The molecule has 4 rings (SSSR count). The number of furan rings is 1. The summed E-state index contributed by atoms with van der Waals surface area (Å²) in [6, 6.07) is 20.7. The Hall–Kier alpha value is -3.90. The molecule has 168 valence electrons. The van der Waals surface area contributed by atoms with Gasteiger partial charge < -0.3 is 19.8 Å². The number of benzene rings is 3. The Labute approximate surface area is 192 Å². The van der Waals surface area contributed by atoms with Gasteiger partial charge in [0, 0.05) is 35.8 Å². The number of esters is 1. The van der Waals surface area contributed by atoms with Crippen LogP contribution in [0.2, 0.25) is 0 Å². The number of anilines is 1. The first-order valence-corrected chi connectivity index (χ1v) is 10.8. The molecule has 0 radical (unpaired) electrons. The van der Waals surface area contributed by atoms with Crippen molar-refractivity contribution in [2.45, 2.75) is 19.9 Å². The molecule has 0 aliphatic heterocycles. The van der Waals surface area contributed by atoms with Crippen molar-refractivity contribution >= 4 is 28.5 Å². The van der Waals surface area contributed by atoms with Crippen molar-refractivity contribution in [3.05, 3.63) is 89.7 Å². The second-order valence-electron chi connectivity index (χ2n) is 7.74. The van der Waals surface area contributed by atoms with Crippen LogP contribution >= 0.6 is 0 Å². The molecule has 0 spiro atoms. The molecule has 4 aromatic rings. The first-order chi connectivity index (χ1) is 16.0. The lowest BCUT2D eigenvalue weighted by Gasteiger charge is -2.21. The van der Waals surface area contributed by atoms with Gasteiger partial charge in [-0.3, -0.25) is 9.59 Å². The van der Waals surface area contributed by atoms with Crippen molar-refractivity contribution in [2.24, 2.45) is 5.73 Å². The zero-order valence-electron chi connectivity index (χ0n) is 18.7. The fraction of sp³-hybridized carbons (Fsp3) is 0.185. The number of carbonyl (C=O) groups excluding carboxylic acids is 2. The summed E-state index contributed by atoms with van der Waals surface area (Å²) in [7, 11) is 1.71. The quantitative estimate of drug-likeness (QED) is 0.410. The fourth-order valence-electron chi connectivity index (χ4n) is 3.94. The van der Waals surface area contributed by atoms with E-state index in [0.29, 0.717) is 30.0 Å². The molecule has 1 aromatic heterocycles. The summed E-state index contributed by atoms with van der Waals surface area (Å²) in [6.07, 6.45) is 1.72. The third-order valence-electron chi connectivity index (χ3n) is 5.57. The normalized spacial score (nSPS) is 10.9. The van der Waals surface area contributed by atoms with Crippen LogP contribution in [-0.2, 0) is 22.5 Å². The van der Waals surface area contributed by atoms with Gasteiger partial charge in [-0.25, -0.2) is 0 Å². The Morgan fingerprint density at radius 1 is 1.03 bits per heavy atom. The van der Waals surface area contributed by atoms with E-state index in [1.54, 1.807) is 25.1 Å². The molecular weight excluding hydrogens is 416 g/mol. The van der Waals surface area contributed by atoms with E-state index in [2.05, 4.69) is 0 Å². The second-order valence-corrected chi connectivity index (χ2v) is 7.74. The summed E-state index contributed by atoms with van der Waals surface area (Å²) in [4.78, 5) is 27.2. The Kier molecular flexibility index (Phi) is 6.56. The molecule has 1 heterocycles. The Morgan fingerprint density at radius 3 is 2.64 bits per heavy atom. The molecule has 6 nitrogen and oxygen atoms in total. The predicted molar refractivity (Wildman–Crippen MR) is 129 cm³/mol. The van der Waals surface area contributed by atoms with Gasteiger partial charge in [-0.15, -0.1) is 0 Å². The Bertz CT molecular complexity index is 1310. The summed E-state index contributed by atoms with van der Waals surface area (Å²) in [6.45, 7) is 2.51. The molecule has 33 heavy (non-hydrogen) atoms. The highest BCUT2D eigenvalue weighted by Crippen LogP contribution is 2.32. The lowest BCUT2D eigenvalue weighted by Crippen LogP contribution is -2.27. The van der Waals surface area contributed by atoms with E-state index < -0.39 is 0 Å². The van der Waals surface area contributed by atoms with Crippen LogP contribution in [0, 0.1) is 0 Å². The van der Waals surface area contributed by atoms with Crippen LogP contribution in [0.3, 0.4) is 0 Å². The number of ether oxygens (including phenoxy) is 1. The average molecular weight is 443 g/mol. The van der Waals surface area contributed by atoms with E-state index in [1.807, 2.05) is 66.7 Å². The number of rotatable bonds is 7. The zero-order valence-corrected chi connectivity index (χ0v) is 18.7. The molecular formula is C27H26N2O4. The first kappa shape index (κ1) is 22.3. The SMILES string of the molecule is CCOC(=O)Cc1ccccc1N(C)C(=O)c1cc(-c2cccc(CN)c2)c2occc2c1. The van der Waals surface area contributed by atoms with Crippen LogP contribution < -0.4 is 10.6 Å². The van der Waals surface area contributed by atoms with E-state index in [-0.39, 0.29) is 18.3 Å². The minimum atomic E-state index is -0.326. The first-order valence-electron chi connectivity index (χ1n) is 10.8. The van der Waals surface area contributed by atoms with Crippen molar-refractivity contribution < 1.29 is 18.7 Å². The fourth-order valence-corrected chi connectivity index (χ4v) is 3.94. The smallest absolute Gasteiger partial charge is 0.310 e. The van der Waals surface area contributed by atoms with Crippen molar-refractivity contribution in [3.8, 4) is 11.1 Å². The van der Waals surface area contributed by atoms with Gasteiger partial charge in [-0.05, 0) is 53.9 Å². The van der Waals surface area contributed by atoms with Gasteiger partial charge in [0.2, 0.25) is 0 Å². The van der Waals surface area contributed by atoms with Gasteiger partial charge in [-0.1, -0.05) is 36.4 Å². The largest absolute Gasteiger partial charge is 0.466 e. The van der Waals surface area contributed by atoms with E-state index >= 15 is 0 Å². The second kappa shape index (κ2) is 9.71. The molecule has 0 atom stereocenters. The van der Waals surface area contributed by atoms with Gasteiger partial charge in [-0.2, -0.15) is 0 Å². The minimum Gasteiger partial charge on any atom is -0.466 e. The van der Waals surface area contributed by atoms with E-state index in [9.17, 15) is 9.59 Å². The number of fused-ring (bicyclic) bond motifs is 1. The minimum absolute atomic E-state index is 0.0968. The monoisotopic (exact) mass is 442 g/mol. The molecule has 3 aromatic carbocycles. The Balaban J connectivity index is 1.73. The van der Waals surface area contributed by atoms with Crippen LogP contribution in [0.15, 0.2) is 77.4 Å². The van der Waals surface area contributed by atoms with E-state index in [0.717, 1.165) is 27.6 Å². The number of carbonyl (C=O) groups is 2. The van der Waals surface area contributed by atoms with Crippen LogP contribution in [0.1, 0.15) is 28.4 Å². The number of hydrogen-bond donors (Lipinski definition) is 1. The highest BCUT2D eigenvalue weighted by molar-refractivity contribution is 6.10. The molecule has 6 heteroatoms. The molecule has 0 unspecified atom stereocenters. The van der Waals surface area contributed by atoms with Crippen molar-refractivity contribution in [3.63, 3.8) is 0 Å². The number of hydrogen-bond acceptors (Lipinski definition) is 5. The van der Waals surface area contributed by atoms with Gasteiger partial charge in [0.15, 0.2) is 0 Å².